The van der Waals surface area contributed by atoms with Gasteiger partial charge >= 0.3 is 11.4 Å². The Morgan fingerprint density at radius 2 is 1.64 bits per heavy atom. The molecule has 4 rings (SSSR count). The van der Waals surface area contributed by atoms with Crippen LogP contribution in [0.4, 0.5) is 11.4 Å². The summed E-state index contributed by atoms with van der Waals surface area (Å²) in [6.07, 6.45) is 1.19. The van der Waals surface area contributed by atoms with Crippen LogP contribution in [0.3, 0.4) is 0 Å². The molecular weight excluding hydrogens is 448 g/mol. The molecule has 0 spiro atoms. The van der Waals surface area contributed by atoms with Gasteiger partial charge in [-0.25, -0.2) is 14.2 Å². The third-order valence-corrected chi connectivity index (χ3v) is 5.64. The van der Waals surface area contributed by atoms with Gasteiger partial charge in [0.05, 0.1) is 28.1 Å². The number of aromatic amines is 1. The zero-order valence-corrected chi connectivity index (χ0v) is 19.1. The topological polar surface area (TPSA) is 118 Å². The van der Waals surface area contributed by atoms with E-state index in [0.29, 0.717) is 27.6 Å². The van der Waals surface area contributed by atoms with E-state index in [9.17, 15) is 19.5 Å². The highest BCUT2D eigenvalue weighted by molar-refractivity contribution is 6.30. The molecule has 0 saturated heterocycles. The van der Waals surface area contributed by atoms with Crippen molar-refractivity contribution in [3.05, 3.63) is 78.3 Å². The van der Waals surface area contributed by atoms with Crippen molar-refractivity contribution in [1.82, 2.24) is 18.7 Å². The summed E-state index contributed by atoms with van der Waals surface area (Å²) in [4.78, 5) is 45.6. The lowest BCUT2D eigenvalue weighted by molar-refractivity contribution is 0.430. The molecule has 11 heteroatoms. The molecule has 0 bridgehead atoms. The fourth-order valence-corrected chi connectivity index (χ4v) is 3.73. The Balaban J connectivity index is 1.90. The molecular formula is C22H21ClN6O4. The number of nitrogens with zero attached hydrogens (tertiary/aromatic N) is 5. The van der Waals surface area contributed by atoms with Crippen molar-refractivity contribution in [1.29, 1.82) is 0 Å². The summed E-state index contributed by atoms with van der Waals surface area (Å²) >= 11 is 5.90. The second kappa shape index (κ2) is 8.14. The fourth-order valence-electron chi connectivity index (χ4n) is 3.60. The minimum Gasteiger partial charge on any atom is -0.493 e. The van der Waals surface area contributed by atoms with Crippen LogP contribution in [-0.2, 0) is 14.1 Å². The molecule has 0 radical (unpaired) electrons. The van der Waals surface area contributed by atoms with Gasteiger partial charge in [0.2, 0.25) is 5.88 Å². The van der Waals surface area contributed by atoms with Gasteiger partial charge in [0, 0.05) is 39.4 Å². The molecule has 0 aliphatic rings. The number of hydrogen-bond acceptors (Lipinski definition) is 6. The maximum atomic E-state index is 12.5. The highest BCUT2D eigenvalue weighted by Crippen LogP contribution is 2.32. The van der Waals surface area contributed by atoms with E-state index in [-0.39, 0.29) is 11.3 Å². The second-order valence-electron chi connectivity index (χ2n) is 7.69. The van der Waals surface area contributed by atoms with Crippen molar-refractivity contribution in [3.63, 3.8) is 0 Å². The van der Waals surface area contributed by atoms with Gasteiger partial charge in [-0.1, -0.05) is 11.6 Å². The van der Waals surface area contributed by atoms with Crippen molar-refractivity contribution < 1.29 is 5.11 Å². The molecule has 0 aliphatic heterocycles. The van der Waals surface area contributed by atoms with Gasteiger partial charge in [0.15, 0.2) is 0 Å². The van der Waals surface area contributed by atoms with Crippen LogP contribution in [0.5, 0.6) is 5.88 Å². The van der Waals surface area contributed by atoms with E-state index in [0.717, 1.165) is 10.1 Å². The van der Waals surface area contributed by atoms with Gasteiger partial charge < -0.3 is 10.0 Å². The third kappa shape index (κ3) is 3.74. The number of aromatic nitrogens is 4. The molecule has 2 aromatic carbocycles. The van der Waals surface area contributed by atoms with Crippen molar-refractivity contribution in [2.24, 2.45) is 19.1 Å². The number of benzene rings is 2. The first-order chi connectivity index (χ1) is 15.6. The number of rotatable bonds is 4. The normalized spacial score (nSPS) is 11.5. The molecule has 0 amide bonds. The number of aryl methyl sites for hydroxylation is 2. The molecule has 0 saturated carbocycles. The fraction of sp³-hybridized carbons (Fsp3) is 0.182. The van der Waals surface area contributed by atoms with Gasteiger partial charge in [-0.2, -0.15) is 0 Å². The molecule has 0 aliphatic carbocycles. The highest BCUT2D eigenvalue weighted by Gasteiger charge is 2.16. The van der Waals surface area contributed by atoms with Crippen LogP contribution >= 0.6 is 11.6 Å². The van der Waals surface area contributed by atoms with E-state index in [4.69, 9.17) is 11.6 Å². The molecule has 2 N–H and O–H groups in total. The molecule has 0 unspecified atom stereocenters. The SMILES string of the molecule is CN(C)c1cc2c(cc1N=Cc1c(O)n(-c3ccc(Cl)cc3)c(=O)[nH]c1=O)n(C)c(=O)n2C. The van der Waals surface area contributed by atoms with Gasteiger partial charge in [-0.05, 0) is 36.4 Å². The number of nitrogens with one attached hydrogen (secondary N) is 1. The van der Waals surface area contributed by atoms with Crippen LogP contribution in [0.25, 0.3) is 16.7 Å². The standard InChI is InChI=1S/C22H21ClN6O4/c1-26(2)16-10-18-17(27(3)22(33)28(18)4)9-15(16)24-11-14-19(30)25-21(32)29(20(14)31)13-7-5-12(23)6-8-13/h5-11,31H,1-4H3,(H,25,30,32). The number of fused-ring (bicyclic) bond motifs is 1. The van der Waals surface area contributed by atoms with Gasteiger partial charge in [-0.3, -0.25) is 23.9 Å². The monoisotopic (exact) mass is 468 g/mol. The van der Waals surface area contributed by atoms with E-state index in [1.807, 2.05) is 25.1 Å². The Kier molecular flexibility index (Phi) is 5.46. The van der Waals surface area contributed by atoms with Crippen molar-refractivity contribution in [2.75, 3.05) is 19.0 Å². The molecule has 170 valence electrons. The summed E-state index contributed by atoms with van der Waals surface area (Å²) in [5.41, 5.74) is 0.904. The van der Waals surface area contributed by atoms with E-state index in [2.05, 4.69) is 9.98 Å². The number of H-pyrrole nitrogens is 1. The lowest BCUT2D eigenvalue weighted by Gasteiger charge is -2.16. The van der Waals surface area contributed by atoms with E-state index in [1.165, 1.54) is 27.5 Å². The van der Waals surface area contributed by atoms with E-state index < -0.39 is 17.1 Å². The molecule has 0 fully saturated rings. The predicted octanol–water partition coefficient (Wildman–Crippen LogP) is 1.89. The molecule has 2 aromatic heterocycles. The molecule has 4 aromatic rings. The molecule has 0 atom stereocenters. The van der Waals surface area contributed by atoms with Crippen molar-refractivity contribution in [3.8, 4) is 11.6 Å². The minimum absolute atomic E-state index is 0.181. The van der Waals surface area contributed by atoms with Crippen molar-refractivity contribution in [2.45, 2.75) is 0 Å². The number of aliphatic imine (C=N–C) groups is 1. The molecule has 2 heterocycles. The Morgan fingerprint density at radius 1 is 1.03 bits per heavy atom. The summed E-state index contributed by atoms with van der Waals surface area (Å²) in [6.45, 7) is 0. The Bertz CT molecular complexity index is 1590. The van der Waals surface area contributed by atoms with Crippen LogP contribution < -0.4 is 21.8 Å². The first kappa shape index (κ1) is 22.2. The van der Waals surface area contributed by atoms with E-state index >= 15 is 0 Å². The number of aromatic hydroxyl groups is 1. The Morgan fingerprint density at radius 3 is 2.24 bits per heavy atom. The average Bonchev–Trinajstić information content (AvgIpc) is 2.97. The lowest BCUT2D eigenvalue weighted by Crippen LogP contribution is -2.31. The summed E-state index contributed by atoms with van der Waals surface area (Å²) < 4.78 is 3.99. The van der Waals surface area contributed by atoms with Crippen LogP contribution in [0.1, 0.15) is 5.56 Å². The van der Waals surface area contributed by atoms with Crippen LogP contribution in [-0.4, -0.2) is 44.1 Å². The molecule has 10 nitrogen and oxygen atoms in total. The number of anilines is 1. The summed E-state index contributed by atoms with van der Waals surface area (Å²) in [7, 11) is 7.00. The van der Waals surface area contributed by atoms with Gasteiger partial charge in [0.25, 0.3) is 5.56 Å². The highest BCUT2D eigenvalue weighted by atomic mass is 35.5. The molecule has 33 heavy (non-hydrogen) atoms. The van der Waals surface area contributed by atoms with Gasteiger partial charge in [-0.15, -0.1) is 0 Å². The summed E-state index contributed by atoms with van der Waals surface area (Å²) in [5.74, 6) is -0.561. The predicted molar refractivity (Wildman–Crippen MR) is 129 cm³/mol. The van der Waals surface area contributed by atoms with Crippen LogP contribution in [0, 0.1) is 0 Å². The van der Waals surface area contributed by atoms with Crippen molar-refractivity contribution >= 4 is 40.2 Å². The number of halogens is 1. The largest absolute Gasteiger partial charge is 0.493 e. The van der Waals surface area contributed by atoms with E-state index in [1.54, 1.807) is 32.3 Å². The van der Waals surface area contributed by atoms with Gasteiger partial charge in [0.1, 0.15) is 5.56 Å². The summed E-state index contributed by atoms with van der Waals surface area (Å²) in [5, 5.41) is 11.2. The third-order valence-electron chi connectivity index (χ3n) is 5.39. The zero-order chi connectivity index (χ0) is 24.0. The Labute approximate surface area is 192 Å². The lowest BCUT2D eigenvalue weighted by atomic mass is 10.2. The number of imidazole rings is 1. The average molecular weight is 469 g/mol. The summed E-state index contributed by atoms with van der Waals surface area (Å²) in [6, 6.07) is 9.74. The smallest absolute Gasteiger partial charge is 0.335 e. The number of hydrogen-bond donors (Lipinski definition) is 2. The first-order valence-corrected chi connectivity index (χ1v) is 10.2. The first-order valence-electron chi connectivity index (χ1n) is 9.85. The minimum atomic E-state index is -0.799. The zero-order valence-electron chi connectivity index (χ0n) is 18.3. The second-order valence-corrected chi connectivity index (χ2v) is 8.13. The maximum absolute atomic E-state index is 12.5. The maximum Gasteiger partial charge on any atom is 0.335 e. The Hall–Kier alpha value is -4.05. The quantitative estimate of drug-likeness (QED) is 0.443. The van der Waals surface area contributed by atoms with Crippen LogP contribution in [0.15, 0.2) is 55.8 Å². The van der Waals surface area contributed by atoms with Crippen LogP contribution in [0.2, 0.25) is 5.02 Å².